The molecular formula is C19H27N5O. The molecule has 1 amide bonds. The van der Waals surface area contributed by atoms with Crippen LogP contribution in [0.5, 0.6) is 0 Å². The van der Waals surface area contributed by atoms with Crippen LogP contribution < -0.4 is 5.32 Å². The summed E-state index contributed by atoms with van der Waals surface area (Å²) in [6.07, 6.45) is 2.62. The van der Waals surface area contributed by atoms with Crippen molar-refractivity contribution in [1.29, 1.82) is 0 Å². The predicted octanol–water partition coefficient (Wildman–Crippen LogP) is 1.55. The number of carbonyl (C=O) groups excluding carboxylic acids is 1. The zero-order chi connectivity index (χ0) is 17.6. The maximum Gasteiger partial charge on any atom is 0.254 e. The molecule has 0 unspecified atom stereocenters. The summed E-state index contributed by atoms with van der Waals surface area (Å²) in [6.45, 7) is 8.16. The van der Waals surface area contributed by atoms with E-state index in [9.17, 15) is 4.79 Å². The Morgan fingerprint density at radius 1 is 1.16 bits per heavy atom. The molecule has 6 heteroatoms. The van der Waals surface area contributed by atoms with Gasteiger partial charge in [-0.2, -0.15) is 5.10 Å². The summed E-state index contributed by atoms with van der Waals surface area (Å²) in [6, 6.07) is 9.87. The molecule has 1 N–H and O–H groups in total. The Balaban J connectivity index is 1.48. The lowest BCUT2D eigenvalue weighted by Gasteiger charge is -2.32. The van der Waals surface area contributed by atoms with Gasteiger partial charge in [-0.05, 0) is 39.1 Å². The van der Waals surface area contributed by atoms with E-state index in [-0.39, 0.29) is 5.91 Å². The largest absolute Gasteiger partial charge is 0.352 e. The monoisotopic (exact) mass is 341 g/mol. The van der Waals surface area contributed by atoms with Crippen LogP contribution in [0, 0.1) is 6.92 Å². The molecule has 1 fully saturated rings. The number of hydrogen-bond acceptors (Lipinski definition) is 4. The molecule has 1 aromatic heterocycles. The number of aromatic nitrogens is 2. The van der Waals surface area contributed by atoms with Gasteiger partial charge in [0.2, 0.25) is 0 Å². The van der Waals surface area contributed by atoms with Gasteiger partial charge in [0, 0.05) is 32.7 Å². The second kappa shape index (κ2) is 8.27. The molecular weight excluding hydrogens is 314 g/mol. The minimum absolute atomic E-state index is 0.0435. The fraction of sp³-hybridized carbons (Fsp3) is 0.474. The van der Waals surface area contributed by atoms with Crippen LogP contribution in [0.3, 0.4) is 0 Å². The minimum Gasteiger partial charge on any atom is -0.352 e. The molecule has 6 nitrogen and oxygen atoms in total. The molecule has 2 heterocycles. The van der Waals surface area contributed by atoms with Crippen LogP contribution in [-0.2, 0) is 0 Å². The van der Waals surface area contributed by atoms with E-state index in [4.69, 9.17) is 0 Å². The lowest BCUT2D eigenvalue weighted by molar-refractivity contribution is 0.0949. The van der Waals surface area contributed by atoms with E-state index in [2.05, 4.69) is 27.3 Å². The van der Waals surface area contributed by atoms with Crippen molar-refractivity contribution in [1.82, 2.24) is 24.9 Å². The fourth-order valence-corrected chi connectivity index (χ4v) is 3.13. The average Bonchev–Trinajstić information content (AvgIpc) is 3.02. The van der Waals surface area contributed by atoms with Crippen LogP contribution in [-0.4, -0.2) is 71.8 Å². The van der Waals surface area contributed by atoms with E-state index in [0.717, 1.165) is 50.5 Å². The third-order valence-electron chi connectivity index (χ3n) is 4.79. The Morgan fingerprint density at radius 2 is 1.88 bits per heavy atom. The zero-order valence-electron chi connectivity index (χ0n) is 15.1. The Bertz CT molecular complexity index is 689. The number of amides is 1. The van der Waals surface area contributed by atoms with Crippen LogP contribution in [0.1, 0.15) is 22.5 Å². The summed E-state index contributed by atoms with van der Waals surface area (Å²) in [4.78, 5) is 17.2. The maximum absolute atomic E-state index is 12.4. The third kappa shape index (κ3) is 4.46. The zero-order valence-corrected chi connectivity index (χ0v) is 15.1. The van der Waals surface area contributed by atoms with Crippen LogP contribution in [0.25, 0.3) is 5.69 Å². The number of carbonyl (C=O) groups is 1. The third-order valence-corrected chi connectivity index (χ3v) is 4.79. The summed E-state index contributed by atoms with van der Waals surface area (Å²) in [5.74, 6) is -0.0435. The topological polar surface area (TPSA) is 53.4 Å². The minimum atomic E-state index is -0.0435. The number of hydrogen-bond donors (Lipinski definition) is 1. The average molecular weight is 341 g/mol. The van der Waals surface area contributed by atoms with Crippen molar-refractivity contribution in [2.45, 2.75) is 13.3 Å². The molecule has 1 aliphatic heterocycles. The summed E-state index contributed by atoms with van der Waals surface area (Å²) < 4.78 is 1.80. The van der Waals surface area contributed by atoms with E-state index in [1.807, 2.05) is 37.3 Å². The number of benzene rings is 1. The van der Waals surface area contributed by atoms with Gasteiger partial charge >= 0.3 is 0 Å². The fourth-order valence-electron chi connectivity index (χ4n) is 3.13. The number of para-hydroxylation sites is 1. The first kappa shape index (κ1) is 17.6. The molecule has 2 aromatic rings. The number of nitrogens with zero attached hydrogens (tertiary/aromatic N) is 4. The number of nitrogens with one attached hydrogen (secondary N) is 1. The van der Waals surface area contributed by atoms with E-state index in [1.165, 1.54) is 0 Å². The first-order chi connectivity index (χ1) is 12.1. The van der Waals surface area contributed by atoms with E-state index in [0.29, 0.717) is 12.1 Å². The predicted molar refractivity (Wildman–Crippen MR) is 99.2 cm³/mol. The van der Waals surface area contributed by atoms with E-state index >= 15 is 0 Å². The van der Waals surface area contributed by atoms with Crippen molar-refractivity contribution >= 4 is 5.91 Å². The highest BCUT2D eigenvalue weighted by molar-refractivity contribution is 5.95. The van der Waals surface area contributed by atoms with Crippen molar-refractivity contribution in [2.75, 3.05) is 46.3 Å². The molecule has 0 atom stereocenters. The van der Waals surface area contributed by atoms with Gasteiger partial charge < -0.3 is 15.1 Å². The Morgan fingerprint density at radius 3 is 2.60 bits per heavy atom. The summed E-state index contributed by atoms with van der Waals surface area (Å²) >= 11 is 0. The molecule has 1 saturated heterocycles. The number of piperazine rings is 1. The second-order valence-corrected chi connectivity index (χ2v) is 6.65. The summed E-state index contributed by atoms with van der Waals surface area (Å²) in [5.41, 5.74) is 2.47. The second-order valence-electron chi connectivity index (χ2n) is 6.65. The highest BCUT2D eigenvalue weighted by Gasteiger charge is 2.16. The van der Waals surface area contributed by atoms with Crippen LogP contribution in [0.2, 0.25) is 0 Å². The summed E-state index contributed by atoms with van der Waals surface area (Å²) in [5, 5.41) is 7.38. The number of rotatable bonds is 6. The highest BCUT2D eigenvalue weighted by Crippen LogP contribution is 2.13. The smallest absolute Gasteiger partial charge is 0.254 e. The highest BCUT2D eigenvalue weighted by atomic mass is 16.1. The molecule has 25 heavy (non-hydrogen) atoms. The van der Waals surface area contributed by atoms with Gasteiger partial charge in [0.15, 0.2) is 0 Å². The molecule has 1 aliphatic rings. The van der Waals surface area contributed by atoms with Gasteiger partial charge in [-0.1, -0.05) is 18.2 Å². The molecule has 3 rings (SSSR count). The van der Waals surface area contributed by atoms with Crippen molar-refractivity contribution in [3.8, 4) is 5.69 Å². The van der Waals surface area contributed by atoms with Crippen molar-refractivity contribution in [3.05, 3.63) is 47.8 Å². The van der Waals surface area contributed by atoms with Gasteiger partial charge in [-0.3, -0.25) is 4.79 Å². The lowest BCUT2D eigenvalue weighted by atomic mass is 10.2. The van der Waals surface area contributed by atoms with Crippen LogP contribution in [0.15, 0.2) is 36.5 Å². The summed E-state index contributed by atoms with van der Waals surface area (Å²) in [7, 11) is 2.16. The van der Waals surface area contributed by atoms with Gasteiger partial charge in [-0.15, -0.1) is 0 Å². The van der Waals surface area contributed by atoms with Crippen LogP contribution in [0.4, 0.5) is 0 Å². The first-order valence-corrected chi connectivity index (χ1v) is 8.94. The molecule has 1 aromatic carbocycles. The Labute approximate surface area is 149 Å². The maximum atomic E-state index is 12.4. The van der Waals surface area contributed by atoms with E-state index in [1.54, 1.807) is 10.9 Å². The molecule has 0 saturated carbocycles. The van der Waals surface area contributed by atoms with Gasteiger partial charge in [-0.25, -0.2) is 4.68 Å². The SMILES string of the molecule is Cc1c(C(=O)NCCCN2CCN(C)CC2)cnn1-c1ccccc1. The molecule has 0 aliphatic carbocycles. The molecule has 0 radical (unpaired) electrons. The molecule has 0 spiro atoms. The normalized spacial score (nSPS) is 16.1. The van der Waals surface area contributed by atoms with Gasteiger partial charge in [0.25, 0.3) is 5.91 Å². The van der Waals surface area contributed by atoms with Gasteiger partial charge in [0.1, 0.15) is 0 Å². The van der Waals surface area contributed by atoms with Crippen molar-refractivity contribution < 1.29 is 4.79 Å². The Kier molecular flexibility index (Phi) is 5.83. The van der Waals surface area contributed by atoms with E-state index < -0.39 is 0 Å². The lowest BCUT2D eigenvalue weighted by Crippen LogP contribution is -2.45. The standard InChI is InChI=1S/C19H27N5O/c1-16-18(15-21-24(16)17-7-4-3-5-8-17)19(25)20-9-6-10-23-13-11-22(2)12-14-23/h3-5,7-8,15H,6,9-14H2,1-2H3,(H,20,25). The van der Waals surface area contributed by atoms with Gasteiger partial charge in [0.05, 0.1) is 23.1 Å². The molecule has 0 bridgehead atoms. The Hall–Kier alpha value is -2.18. The van der Waals surface area contributed by atoms with Crippen LogP contribution >= 0.6 is 0 Å². The van der Waals surface area contributed by atoms with Crippen molar-refractivity contribution in [3.63, 3.8) is 0 Å². The first-order valence-electron chi connectivity index (χ1n) is 8.94. The number of likely N-dealkylation sites (N-methyl/N-ethyl adjacent to an activating group) is 1. The quantitative estimate of drug-likeness (QED) is 0.810. The van der Waals surface area contributed by atoms with Crippen molar-refractivity contribution in [2.24, 2.45) is 0 Å². The molecule has 134 valence electrons.